The Morgan fingerprint density at radius 2 is 2.25 bits per heavy atom. The molecule has 2 aliphatic heterocycles. The molecule has 2 heteroatoms. The van der Waals surface area contributed by atoms with Gasteiger partial charge in [0.25, 0.3) is 0 Å². The first-order valence-electron chi connectivity index (χ1n) is 8.07. The molecule has 20 heavy (non-hydrogen) atoms. The molecule has 3 unspecified atom stereocenters. The molecule has 5 atom stereocenters. The summed E-state index contributed by atoms with van der Waals surface area (Å²) < 4.78 is 6.53. The number of piperidine rings is 1. The topological polar surface area (TPSA) is 21.3 Å². The summed E-state index contributed by atoms with van der Waals surface area (Å²) in [6, 6.07) is 7.35. The molecular formula is C18H19NO. The zero-order valence-electron chi connectivity index (χ0n) is 11.6. The van der Waals surface area contributed by atoms with Gasteiger partial charge in [-0.3, -0.25) is 0 Å². The highest BCUT2D eigenvalue weighted by atomic mass is 16.5. The van der Waals surface area contributed by atoms with Crippen LogP contribution in [0.3, 0.4) is 0 Å². The normalized spacial score (nSPS) is 48.9. The van der Waals surface area contributed by atoms with Crippen LogP contribution in [0.25, 0.3) is 0 Å². The van der Waals surface area contributed by atoms with Crippen molar-refractivity contribution < 1.29 is 4.74 Å². The van der Waals surface area contributed by atoms with Crippen molar-refractivity contribution in [2.45, 2.75) is 43.2 Å². The number of hydrogen-bond donors (Lipinski definition) is 1. The van der Waals surface area contributed by atoms with E-state index in [1.807, 2.05) is 0 Å². The van der Waals surface area contributed by atoms with Gasteiger partial charge in [0, 0.05) is 28.4 Å². The van der Waals surface area contributed by atoms with Crippen LogP contribution >= 0.6 is 0 Å². The molecule has 1 saturated heterocycles. The van der Waals surface area contributed by atoms with Gasteiger partial charge in [0.15, 0.2) is 0 Å². The molecule has 2 spiro atoms. The third-order valence-electron chi connectivity index (χ3n) is 7.01. The number of nitrogens with one attached hydrogen (secondary N) is 1. The molecule has 0 radical (unpaired) electrons. The van der Waals surface area contributed by atoms with E-state index in [0.29, 0.717) is 23.5 Å². The fraction of sp³-hybridized carbons (Fsp3) is 0.556. The van der Waals surface area contributed by atoms with Crippen molar-refractivity contribution in [3.05, 3.63) is 41.5 Å². The molecule has 2 fully saturated rings. The second-order valence-corrected chi connectivity index (χ2v) is 7.36. The van der Waals surface area contributed by atoms with Crippen molar-refractivity contribution in [3.63, 3.8) is 0 Å². The van der Waals surface area contributed by atoms with Crippen molar-refractivity contribution in [2.75, 3.05) is 6.54 Å². The summed E-state index contributed by atoms with van der Waals surface area (Å²) in [7, 11) is 0. The first kappa shape index (κ1) is 10.4. The second-order valence-electron chi connectivity index (χ2n) is 7.36. The van der Waals surface area contributed by atoms with Crippen LogP contribution < -0.4 is 10.1 Å². The van der Waals surface area contributed by atoms with E-state index in [2.05, 4.69) is 35.7 Å². The number of ether oxygens (including phenoxy) is 1. The van der Waals surface area contributed by atoms with E-state index >= 15 is 0 Å². The maximum Gasteiger partial charge on any atom is 0.124 e. The predicted octanol–water partition coefficient (Wildman–Crippen LogP) is 2.57. The quantitative estimate of drug-likeness (QED) is 0.728. The van der Waals surface area contributed by atoms with Crippen LogP contribution in [0.5, 0.6) is 5.75 Å². The molecule has 1 N–H and O–H groups in total. The van der Waals surface area contributed by atoms with Gasteiger partial charge in [0.2, 0.25) is 0 Å². The highest BCUT2D eigenvalue weighted by Crippen LogP contribution is 2.70. The Labute approximate surface area is 119 Å². The number of rotatable bonds is 0. The monoisotopic (exact) mass is 265 g/mol. The first-order chi connectivity index (χ1) is 9.85. The summed E-state index contributed by atoms with van der Waals surface area (Å²) >= 11 is 0. The molecule has 1 aromatic carbocycles. The van der Waals surface area contributed by atoms with Gasteiger partial charge in [-0.25, -0.2) is 0 Å². The molecule has 1 aromatic rings. The van der Waals surface area contributed by atoms with Gasteiger partial charge in [0.05, 0.1) is 0 Å². The van der Waals surface area contributed by atoms with Crippen molar-refractivity contribution in [2.24, 2.45) is 11.3 Å². The standard InChI is InChI=1S/C18H19NO/c1-2-12-10-14-17-6-4-11(5-7-17)16-18(17,8-9-19-14)15(12)13(3-1)20-16/h1-4,6,11,14,16,19H,5,7-10H2/t11?,14-,16?,17?,18+/m1/s1. The first-order valence-corrected chi connectivity index (χ1v) is 8.07. The molecule has 1 saturated carbocycles. The van der Waals surface area contributed by atoms with Crippen LogP contribution in [-0.4, -0.2) is 18.7 Å². The van der Waals surface area contributed by atoms with E-state index in [0.717, 1.165) is 6.54 Å². The molecule has 2 nitrogen and oxygen atoms in total. The minimum absolute atomic E-state index is 0.282. The van der Waals surface area contributed by atoms with Crippen molar-refractivity contribution in [1.29, 1.82) is 0 Å². The average molecular weight is 265 g/mol. The highest BCUT2D eigenvalue weighted by Gasteiger charge is 2.71. The minimum Gasteiger partial charge on any atom is -0.489 e. The van der Waals surface area contributed by atoms with Gasteiger partial charge < -0.3 is 10.1 Å². The molecule has 4 bridgehead atoms. The molecular weight excluding hydrogens is 246 g/mol. The van der Waals surface area contributed by atoms with Gasteiger partial charge >= 0.3 is 0 Å². The molecule has 102 valence electrons. The van der Waals surface area contributed by atoms with Crippen molar-refractivity contribution >= 4 is 0 Å². The molecule has 4 aliphatic carbocycles. The third kappa shape index (κ3) is 0.826. The van der Waals surface area contributed by atoms with Crippen molar-refractivity contribution in [1.82, 2.24) is 5.32 Å². The Balaban J connectivity index is 1.77. The highest BCUT2D eigenvalue weighted by molar-refractivity contribution is 5.59. The second kappa shape index (κ2) is 2.99. The zero-order valence-corrected chi connectivity index (χ0v) is 11.6. The van der Waals surface area contributed by atoms with Crippen LogP contribution in [0, 0.1) is 11.3 Å². The molecule has 2 heterocycles. The number of benzene rings is 1. The smallest absolute Gasteiger partial charge is 0.124 e. The number of hydrogen-bond acceptors (Lipinski definition) is 2. The zero-order chi connectivity index (χ0) is 12.9. The summed E-state index contributed by atoms with van der Waals surface area (Å²) in [4.78, 5) is 0. The lowest BCUT2D eigenvalue weighted by Crippen LogP contribution is -2.72. The fourth-order valence-corrected chi connectivity index (χ4v) is 6.39. The summed E-state index contributed by atoms with van der Waals surface area (Å²) in [6.45, 7) is 1.15. The number of fused-ring (bicyclic) bond motifs is 1. The molecule has 0 amide bonds. The maximum atomic E-state index is 6.53. The molecule has 6 aliphatic rings. The third-order valence-corrected chi connectivity index (χ3v) is 7.01. The van der Waals surface area contributed by atoms with E-state index < -0.39 is 0 Å². The van der Waals surface area contributed by atoms with E-state index in [9.17, 15) is 0 Å². The Bertz CT molecular complexity index is 665. The van der Waals surface area contributed by atoms with Crippen LogP contribution in [-0.2, 0) is 11.8 Å². The van der Waals surface area contributed by atoms with Gasteiger partial charge in [-0.15, -0.1) is 0 Å². The van der Waals surface area contributed by atoms with Crippen LogP contribution in [0.15, 0.2) is 30.4 Å². The van der Waals surface area contributed by atoms with Crippen LogP contribution in [0.4, 0.5) is 0 Å². The van der Waals surface area contributed by atoms with Crippen LogP contribution in [0.2, 0.25) is 0 Å². The Kier molecular flexibility index (Phi) is 1.56. The Morgan fingerprint density at radius 3 is 3.15 bits per heavy atom. The SMILES string of the molecule is C1=CC23CCC1C1Oc4cccc5c4[C@@]12CCN[C@@H]3C5. The lowest BCUT2D eigenvalue weighted by molar-refractivity contribution is -0.0762. The van der Waals surface area contributed by atoms with E-state index in [4.69, 9.17) is 4.74 Å². The van der Waals surface area contributed by atoms with E-state index in [-0.39, 0.29) is 5.41 Å². The average Bonchev–Trinajstić information content (AvgIpc) is 2.82. The fourth-order valence-electron chi connectivity index (χ4n) is 6.39. The minimum atomic E-state index is 0.282. The molecule has 7 rings (SSSR count). The van der Waals surface area contributed by atoms with Crippen molar-refractivity contribution in [3.8, 4) is 5.75 Å². The summed E-state index contributed by atoms with van der Waals surface area (Å²) in [5, 5.41) is 3.84. The molecule has 0 aromatic heterocycles. The Hall–Kier alpha value is -1.28. The Morgan fingerprint density at radius 1 is 1.25 bits per heavy atom. The summed E-state index contributed by atoms with van der Waals surface area (Å²) in [5.74, 6) is 1.84. The van der Waals surface area contributed by atoms with E-state index in [1.165, 1.54) is 31.4 Å². The van der Waals surface area contributed by atoms with Gasteiger partial charge in [-0.05, 0) is 43.9 Å². The maximum absolute atomic E-state index is 6.53. The lowest BCUT2D eigenvalue weighted by atomic mass is 9.40. The predicted molar refractivity (Wildman–Crippen MR) is 76.9 cm³/mol. The largest absolute Gasteiger partial charge is 0.489 e. The summed E-state index contributed by atoms with van der Waals surface area (Å²) in [6.07, 6.45) is 10.5. The summed E-state index contributed by atoms with van der Waals surface area (Å²) in [5.41, 5.74) is 3.75. The van der Waals surface area contributed by atoms with Gasteiger partial charge in [-0.2, -0.15) is 0 Å². The van der Waals surface area contributed by atoms with Crippen LogP contribution in [0.1, 0.15) is 30.4 Å². The lowest BCUT2D eigenvalue weighted by Gasteiger charge is -2.65. The van der Waals surface area contributed by atoms with E-state index in [1.54, 1.807) is 11.1 Å². The van der Waals surface area contributed by atoms with Gasteiger partial charge in [-0.1, -0.05) is 24.3 Å². The van der Waals surface area contributed by atoms with Gasteiger partial charge in [0.1, 0.15) is 11.9 Å².